The first kappa shape index (κ1) is 16.4. The van der Waals surface area contributed by atoms with Gasteiger partial charge < -0.3 is 15.2 Å². The fraction of sp³-hybridized carbons (Fsp3) is 0.615. The van der Waals surface area contributed by atoms with Crippen LogP contribution in [0.5, 0.6) is 0 Å². The van der Waals surface area contributed by atoms with Gasteiger partial charge >= 0.3 is 12.1 Å². The lowest BCUT2D eigenvalue weighted by atomic mass is 10.1. The summed E-state index contributed by atoms with van der Waals surface area (Å²) in [5, 5.41) is 12.3. The lowest BCUT2D eigenvalue weighted by Crippen LogP contribution is -2.44. The zero-order valence-corrected chi connectivity index (χ0v) is 12.9. The molecule has 2 N–H and O–H groups in total. The fourth-order valence-electron chi connectivity index (χ4n) is 1.48. The Morgan fingerprint density at radius 1 is 1.40 bits per heavy atom. The molecule has 0 aliphatic carbocycles. The Bertz CT molecular complexity index is 471. The minimum atomic E-state index is -1.07. The van der Waals surface area contributed by atoms with Gasteiger partial charge in [-0.15, -0.1) is 11.3 Å². The zero-order valence-electron chi connectivity index (χ0n) is 12.0. The molecule has 1 amide bonds. The molecule has 1 aromatic rings. The number of carboxylic acid groups (broad SMARTS) is 1. The molecule has 0 fully saturated rings. The number of carbonyl (C=O) groups excluding carboxylic acids is 1. The van der Waals surface area contributed by atoms with Crippen LogP contribution in [0.25, 0.3) is 0 Å². The Morgan fingerprint density at radius 3 is 2.50 bits per heavy atom. The Morgan fingerprint density at radius 2 is 2.05 bits per heavy atom. The Balaban J connectivity index is 2.48. The maximum Gasteiger partial charge on any atom is 0.408 e. The molecule has 1 rings (SSSR count). The molecule has 0 bridgehead atoms. The van der Waals surface area contributed by atoms with E-state index < -0.39 is 18.1 Å². The maximum atomic E-state index is 11.6. The third-order valence-corrected chi connectivity index (χ3v) is 3.89. The average Bonchev–Trinajstić information content (AvgIpc) is 2.81. The van der Waals surface area contributed by atoms with E-state index >= 15 is 0 Å². The number of carboxylic acids is 1. The highest BCUT2D eigenvalue weighted by Crippen LogP contribution is 2.21. The first-order chi connectivity index (χ1) is 9.31. The summed E-state index contributed by atoms with van der Waals surface area (Å²) in [4.78, 5) is 27.6. The van der Waals surface area contributed by atoms with Crippen LogP contribution < -0.4 is 5.32 Å². The Hall–Kier alpha value is -1.63. The average molecular weight is 300 g/mol. The number of aromatic nitrogens is 1. The van der Waals surface area contributed by atoms with Crippen molar-refractivity contribution in [1.82, 2.24) is 10.3 Å². The van der Waals surface area contributed by atoms with Gasteiger partial charge in [0.1, 0.15) is 12.6 Å². The van der Waals surface area contributed by atoms with Crippen molar-refractivity contribution in [1.29, 1.82) is 0 Å². The van der Waals surface area contributed by atoms with Gasteiger partial charge in [-0.2, -0.15) is 0 Å². The first-order valence-electron chi connectivity index (χ1n) is 6.42. The summed E-state index contributed by atoms with van der Waals surface area (Å²) in [5.74, 6) is -0.951. The zero-order chi connectivity index (χ0) is 15.3. The van der Waals surface area contributed by atoms with E-state index in [2.05, 4.69) is 10.3 Å². The van der Waals surface area contributed by atoms with Crippen LogP contribution in [0.3, 0.4) is 0 Å². The lowest BCUT2D eigenvalue weighted by Gasteiger charge is -2.17. The van der Waals surface area contributed by atoms with Crippen molar-refractivity contribution in [2.45, 2.75) is 46.3 Å². The normalized spacial score (nSPS) is 12.5. The number of nitrogens with one attached hydrogen (secondary N) is 1. The van der Waals surface area contributed by atoms with Gasteiger partial charge in [0.15, 0.2) is 0 Å². The number of carbonyl (C=O) groups is 2. The molecule has 0 saturated heterocycles. The molecule has 7 heteroatoms. The van der Waals surface area contributed by atoms with Crippen LogP contribution in [0.4, 0.5) is 4.79 Å². The third-order valence-electron chi connectivity index (χ3n) is 2.62. The van der Waals surface area contributed by atoms with Crippen LogP contribution in [0.15, 0.2) is 6.20 Å². The second-order valence-corrected chi connectivity index (χ2v) is 6.25. The number of rotatable bonds is 6. The fourth-order valence-corrected chi connectivity index (χ4v) is 2.31. The molecule has 0 aliphatic heterocycles. The quantitative estimate of drug-likeness (QED) is 0.843. The molecule has 1 atom stereocenters. The van der Waals surface area contributed by atoms with Crippen molar-refractivity contribution in [3.8, 4) is 0 Å². The predicted molar refractivity (Wildman–Crippen MR) is 75.8 cm³/mol. The molecule has 0 aromatic carbocycles. The molecule has 112 valence electrons. The van der Waals surface area contributed by atoms with Gasteiger partial charge in [-0.25, -0.2) is 14.6 Å². The van der Waals surface area contributed by atoms with E-state index in [9.17, 15) is 9.59 Å². The number of hydrogen-bond donors (Lipinski definition) is 2. The molecular formula is C13H20N2O4S. The standard InChI is InChI=1S/C13H20N2O4S/c1-7(2)10(12(16)17)15-13(18)19-6-9-5-14-11(20-9)8(3)4/h5,7-8,10H,6H2,1-4H3,(H,15,18)(H,16,17)/t10-/m1/s1. The molecule has 20 heavy (non-hydrogen) atoms. The van der Waals surface area contributed by atoms with Crippen molar-refractivity contribution >= 4 is 23.4 Å². The smallest absolute Gasteiger partial charge is 0.408 e. The van der Waals surface area contributed by atoms with Crippen molar-refractivity contribution < 1.29 is 19.4 Å². The highest BCUT2D eigenvalue weighted by Gasteiger charge is 2.24. The summed E-state index contributed by atoms with van der Waals surface area (Å²) in [7, 11) is 0. The summed E-state index contributed by atoms with van der Waals surface area (Å²) >= 11 is 1.48. The first-order valence-corrected chi connectivity index (χ1v) is 7.23. The molecule has 0 radical (unpaired) electrons. The molecule has 1 aromatic heterocycles. The van der Waals surface area contributed by atoms with Gasteiger partial charge in [-0.3, -0.25) is 0 Å². The molecule has 0 unspecified atom stereocenters. The third kappa shape index (κ3) is 4.80. The second-order valence-electron chi connectivity index (χ2n) is 5.10. The topological polar surface area (TPSA) is 88.5 Å². The molecular weight excluding hydrogens is 280 g/mol. The molecule has 0 saturated carbocycles. The molecule has 0 spiro atoms. The van der Waals surface area contributed by atoms with Gasteiger partial charge in [0.2, 0.25) is 0 Å². The van der Waals surface area contributed by atoms with E-state index in [1.54, 1.807) is 20.0 Å². The maximum absolute atomic E-state index is 11.6. The largest absolute Gasteiger partial charge is 0.480 e. The van der Waals surface area contributed by atoms with Crippen LogP contribution in [-0.4, -0.2) is 28.2 Å². The van der Waals surface area contributed by atoms with Crippen molar-refractivity contribution in [3.05, 3.63) is 16.1 Å². The highest BCUT2D eigenvalue weighted by molar-refractivity contribution is 7.11. The van der Waals surface area contributed by atoms with E-state index in [0.717, 1.165) is 9.88 Å². The number of nitrogens with zero attached hydrogens (tertiary/aromatic N) is 1. The number of alkyl carbamates (subject to hydrolysis) is 1. The SMILES string of the molecule is CC(C)c1ncc(COC(=O)N[C@@H](C(=O)O)C(C)C)s1. The minimum absolute atomic E-state index is 0.0979. The van der Waals surface area contributed by atoms with E-state index in [0.29, 0.717) is 5.92 Å². The van der Waals surface area contributed by atoms with Crippen LogP contribution in [-0.2, 0) is 16.1 Å². The van der Waals surface area contributed by atoms with Gasteiger partial charge in [0.25, 0.3) is 0 Å². The monoisotopic (exact) mass is 300 g/mol. The number of ether oxygens (including phenoxy) is 1. The minimum Gasteiger partial charge on any atom is -0.480 e. The van der Waals surface area contributed by atoms with Crippen LogP contribution in [0.1, 0.15) is 43.5 Å². The highest BCUT2D eigenvalue weighted by atomic mass is 32.1. The second kappa shape index (κ2) is 7.23. The summed E-state index contributed by atoms with van der Waals surface area (Å²) in [6.07, 6.45) is 0.940. The number of amides is 1. The Labute approximate surface area is 122 Å². The summed E-state index contributed by atoms with van der Waals surface area (Å²) < 4.78 is 5.01. The van der Waals surface area contributed by atoms with E-state index in [1.165, 1.54) is 11.3 Å². The van der Waals surface area contributed by atoms with Crippen LogP contribution >= 0.6 is 11.3 Å². The van der Waals surface area contributed by atoms with Gasteiger partial charge in [0, 0.05) is 12.1 Å². The molecule has 6 nitrogen and oxygen atoms in total. The van der Waals surface area contributed by atoms with Gasteiger partial charge in [-0.1, -0.05) is 27.7 Å². The van der Waals surface area contributed by atoms with Crippen LogP contribution in [0, 0.1) is 5.92 Å². The Kier molecular flexibility index (Phi) is 5.94. The molecule has 1 heterocycles. The van der Waals surface area contributed by atoms with E-state index in [-0.39, 0.29) is 12.5 Å². The molecule has 0 aliphatic rings. The predicted octanol–water partition coefficient (Wildman–Crippen LogP) is 2.60. The van der Waals surface area contributed by atoms with Crippen molar-refractivity contribution in [2.75, 3.05) is 0 Å². The summed E-state index contributed by atoms with van der Waals surface area (Å²) in [6, 6.07) is -0.949. The summed E-state index contributed by atoms with van der Waals surface area (Å²) in [6.45, 7) is 7.61. The van der Waals surface area contributed by atoms with Crippen molar-refractivity contribution in [3.63, 3.8) is 0 Å². The van der Waals surface area contributed by atoms with Crippen molar-refractivity contribution in [2.24, 2.45) is 5.92 Å². The van der Waals surface area contributed by atoms with Crippen LogP contribution in [0.2, 0.25) is 0 Å². The number of hydrogen-bond acceptors (Lipinski definition) is 5. The van der Waals surface area contributed by atoms with Gasteiger partial charge in [0.05, 0.1) is 9.88 Å². The van der Waals surface area contributed by atoms with E-state index in [1.807, 2.05) is 13.8 Å². The van der Waals surface area contributed by atoms with Gasteiger partial charge in [-0.05, 0) is 5.92 Å². The summed E-state index contributed by atoms with van der Waals surface area (Å²) in [5.41, 5.74) is 0. The number of thiazole rings is 1. The van der Waals surface area contributed by atoms with E-state index in [4.69, 9.17) is 9.84 Å². The lowest BCUT2D eigenvalue weighted by molar-refractivity contribution is -0.140. The number of aliphatic carboxylic acids is 1.